The minimum absolute atomic E-state index is 0.000734. The van der Waals surface area contributed by atoms with E-state index in [0.29, 0.717) is 33.2 Å². The average Bonchev–Trinajstić information content (AvgIpc) is 3.12. The van der Waals surface area contributed by atoms with Crippen LogP contribution >= 0.6 is 27.7 Å². The number of hydrogen-bond donors (Lipinski definition) is 2. The van der Waals surface area contributed by atoms with E-state index in [4.69, 9.17) is 0 Å². The Balaban J connectivity index is 1.66. The molecule has 1 saturated heterocycles. The predicted molar refractivity (Wildman–Crippen MR) is 110 cm³/mol. The highest BCUT2D eigenvalue weighted by Crippen LogP contribution is 2.43. The van der Waals surface area contributed by atoms with Crippen LogP contribution in [0.5, 0.6) is 0 Å². The Bertz CT molecular complexity index is 1120. The molecular weight excluding hydrogens is 465 g/mol. The average molecular weight is 476 g/mol. The molecule has 4 amide bonds. The number of rotatable bonds is 3. The van der Waals surface area contributed by atoms with E-state index in [1.807, 2.05) is 0 Å². The number of thioether (sulfide) groups is 1. The fourth-order valence-electron chi connectivity index (χ4n) is 3.04. The minimum Gasteiger partial charge on any atom is -0.325 e. The van der Waals surface area contributed by atoms with Crippen LogP contribution in [0.2, 0.25) is 0 Å². The third-order valence-corrected chi connectivity index (χ3v) is 5.63. The van der Waals surface area contributed by atoms with Crippen LogP contribution in [0.25, 0.3) is 5.57 Å². The lowest BCUT2D eigenvalue weighted by Gasteiger charge is -2.17. The molecule has 29 heavy (non-hydrogen) atoms. The molecule has 0 spiro atoms. The summed E-state index contributed by atoms with van der Waals surface area (Å²) in [5.41, 5.74) is 1.35. The summed E-state index contributed by atoms with van der Waals surface area (Å²) in [5, 5.41) is 4.17. The van der Waals surface area contributed by atoms with Crippen LogP contribution in [-0.4, -0.2) is 29.5 Å². The Morgan fingerprint density at radius 2 is 1.86 bits per heavy atom. The van der Waals surface area contributed by atoms with Crippen LogP contribution in [0.3, 0.4) is 0 Å². The second-order valence-corrected chi connectivity index (χ2v) is 8.05. The molecule has 0 bridgehead atoms. The van der Waals surface area contributed by atoms with E-state index in [1.54, 1.807) is 18.2 Å². The highest BCUT2D eigenvalue weighted by molar-refractivity contribution is 9.10. The van der Waals surface area contributed by atoms with E-state index in [-0.39, 0.29) is 17.0 Å². The molecule has 10 heteroatoms. The van der Waals surface area contributed by atoms with Gasteiger partial charge >= 0.3 is 0 Å². The lowest BCUT2D eigenvalue weighted by Crippen LogP contribution is -2.35. The smallest absolute Gasteiger partial charge is 0.290 e. The van der Waals surface area contributed by atoms with Gasteiger partial charge in [0.25, 0.3) is 17.1 Å². The zero-order valence-electron chi connectivity index (χ0n) is 14.5. The predicted octanol–water partition coefficient (Wildman–Crippen LogP) is 3.27. The van der Waals surface area contributed by atoms with Crippen LogP contribution < -0.4 is 15.5 Å². The van der Waals surface area contributed by atoms with E-state index in [2.05, 4.69) is 26.6 Å². The number of fused-ring (bicyclic) bond motifs is 1. The molecule has 0 unspecified atom stereocenters. The van der Waals surface area contributed by atoms with Crippen molar-refractivity contribution in [3.05, 3.63) is 63.2 Å². The van der Waals surface area contributed by atoms with Crippen molar-refractivity contribution in [2.75, 3.05) is 16.8 Å². The molecule has 2 aliphatic rings. The molecule has 2 heterocycles. The topological polar surface area (TPSA) is 95.6 Å². The van der Waals surface area contributed by atoms with Crippen molar-refractivity contribution >= 4 is 67.6 Å². The first kappa shape index (κ1) is 19.3. The van der Waals surface area contributed by atoms with Crippen LogP contribution in [0.1, 0.15) is 5.56 Å². The van der Waals surface area contributed by atoms with E-state index in [9.17, 15) is 23.6 Å². The minimum atomic E-state index is -0.646. The molecule has 0 saturated carbocycles. The SMILES string of the molecule is O=C(CN1C(=O)/C(=C2/SC(=O)NC2=O)c2cc(Br)ccc21)Nc1ccc(F)cc1. The Morgan fingerprint density at radius 1 is 1.14 bits per heavy atom. The monoisotopic (exact) mass is 475 g/mol. The van der Waals surface area contributed by atoms with Gasteiger partial charge in [0.2, 0.25) is 5.91 Å². The summed E-state index contributed by atoms with van der Waals surface area (Å²) in [6, 6.07) is 10.2. The van der Waals surface area contributed by atoms with Crippen LogP contribution in [-0.2, 0) is 14.4 Å². The largest absolute Gasteiger partial charge is 0.325 e. The Kier molecular flexibility index (Phi) is 4.97. The van der Waals surface area contributed by atoms with Crippen molar-refractivity contribution in [3.63, 3.8) is 0 Å². The number of imide groups is 1. The lowest BCUT2D eigenvalue weighted by atomic mass is 10.1. The van der Waals surface area contributed by atoms with Gasteiger partial charge in [0, 0.05) is 15.7 Å². The Labute approximate surface area is 176 Å². The van der Waals surface area contributed by atoms with Gasteiger partial charge in [-0.25, -0.2) is 4.39 Å². The highest BCUT2D eigenvalue weighted by Gasteiger charge is 2.40. The first-order chi connectivity index (χ1) is 13.8. The Morgan fingerprint density at radius 3 is 2.52 bits per heavy atom. The number of nitrogens with one attached hydrogen (secondary N) is 2. The normalized spacial score (nSPS) is 18.1. The summed E-state index contributed by atoms with van der Waals surface area (Å²) in [6.45, 7) is -0.318. The number of carbonyl (C=O) groups is 4. The second kappa shape index (κ2) is 7.45. The summed E-state index contributed by atoms with van der Waals surface area (Å²) >= 11 is 3.98. The maximum Gasteiger partial charge on any atom is 0.290 e. The number of amides is 4. The van der Waals surface area contributed by atoms with Crippen LogP contribution in [0.15, 0.2) is 51.8 Å². The molecule has 1 fully saturated rings. The highest BCUT2D eigenvalue weighted by atomic mass is 79.9. The van der Waals surface area contributed by atoms with Gasteiger partial charge in [-0.15, -0.1) is 0 Å². The van der Waals surface area contributed by atoms with Gasteiger partial charge in [-0.2, -0.15) is 0 Å². The maximum absolute atomic E-state index is 13.1. The number of carbonyl (C=O) groups excluding carboxylic acids is 4. The number of hydrogen-bond acceptors (Lipinski definition) is 5. The zero-order valence-corrected chi connectivity index (χ0v) is 16.9. The molecule has 2 N–H and O–H groups in total. The van der Waals surface area contributed by atoms with Crippen molar-refractivity contribution in [1.29, 1.82) is 0 Å². The number of halogens is 2. The lowest BCUT2D eigenvalue weighted by molar-refractivity contribution is -0.118. The van der Waals surface area contributed by atoms with Gasteiger partial charge in [0.15, 0.2) is 0 Å². The maximum atomic E-state index is 13.1. The molecule has 0 aliphatic carbocycles. The number of nitrogens with zero attached hydrogens (tertiary/aromatic N) is 1. The van der Waals surface area contributed by atoms with Gasteiger partial charge < -0.3 is 5.32 Å². The summed E-state index contributed by atoms with van der Waals surface area (Å²) < 4.78 is 13.7. The summed E-state index contributed by atoms with van der Waals surface area (Å²) in [4.78, 5) is 50.4. The van der Waals surface area contributed by atoms with Crippen molar-refractivity contribution in [2.24, 2.45) is 0 Å². The summed E-state index contributed by atoms with van der Waals surface area (Å²) in [6.07, 6.45) is 0. The molecule has 4 rings (SSSR count). The van der Waals surface area contributed by atoms with Gasteiger partial charge in [-0.3, -0.25) is 29.4 Å². The van der Waals surface area contributed by atoms with E-state index >= 15 is 0 Å². The molecular formula is C19H11BrFN3O4S. The van der Waals surface area contributed by atoms with Crippen molar-refractivity contribution in [3.8, 4) is 0 Å². The first-order valence-electron chi connectivity index (χ1n) is 8.28. The van der Waals surface area contributed by atoms with E-state index < -0.39 is 28.8 Å². The van der Waals surface area contributed by atoms with Crippen molar-refractivity contribution < 1.29 is 23.6 Å². The third kappa shape index (κ3) is 3.68. The molecule has 0 aromatic heterocycles. The third-order valence-electron chi connectivity index (χ3n) is 4.25. The standard InChI is InChI=1S/C19H11BrFN3O4S/c20-9-1-6-13-12(7-9)15(16-17(26)23-19(28)29-16)18(27)24(13)8-14(25)22-11-4-2-10(21)3-5-11/h1-7H,8H2,(H,22,25)(H,23,26,28)/b16-15+. The Hall–Kier alpha value is -2.98. The van der Waals surface area contributed by atoms with Gasteiger partial charge in [0.1, 0.15) is 12.4 Å². The van der Waals surface area contributed by atoms with Gasteiger partial charge in [0.05, 0.1) is 16.2 Å². The summed E-state index contributed by atoms with van der Waals surface area (Å²) in [7, 11) is 0. The number of anilines is 2. The van der Waals surface area contributed by atoms with Crippen LogP contribution in [0, 0.1) is 5.82 Å². The van der Waals surface area contributed by atoms with Crippen molar-refractivity contribution in [2.45, 2.75) is 0 Å². The second-order valence-electron chi connectivity index (χ2n) is 6.16. The van der Waals surface area contributed by atoms with E-state index in [0.717, 1.165) is 0 Å². The van der Waals surface area contributed by atoms with E-state index in [1.165, 1.54) is 29.2 Å². The quantitative estimate of drug-likeness (QED) is 0.664. The zero-order chi connectivity index (χ0) is 20.7. The molecule has 2 aromatic rings. The first-order valence-corrected chi connectivity index (χ1v) is 9.89. The molecule has 146 valence electrons. The van der Waals surface area contributed by atoms with Crippen molar-refractivity contribution in [1.82, 2.24) is 5.32 Å². The van der Waals surface area contributed by atoms with Gasteiger partial charge in [-0.1, -0.05) is 15.9 Å². The molecule has 0 radical (unpaired) electrons. The summed E-state index contributed by atoms with van der Waals surface area (Å²) in [5.74, 6) is -2.13. The van der Waals surface area contributed by atoms with Crippen LogP contribution in [0.4, 0.5) is 20.6 Å². The fourth-order valence-corrected chi connectivity index (χ4v) is 4.17. The fraction of sp³-hybridized carbons (Fsp3) is 0.0526. The molecule has 2 aliphatic heterocycles. The number of benzene rings is 2. The molecule has 2 aromatic carbocycles. The molecule has 0 atom stereocenters. The molecule has 7 nitrogen and oxygen atoms in total. The van der Waals surface area contributed by atoms with Gasteiger partial charge in [-0.05, 0) is 54.2 Å².